The van der Waals surface area contributed by atoms with Crippen LogP contribution in [0.3, 0.4) is 0 Å². The Morgan fingerprint density at radius 1 is 1.04 bits per heavy atom. The highest BCUT2D eigenvalue weighted by Crippen LogP contribution is 2.27. The third-order valence-electron chi connectivity index (χ3n) is 4.23. The minimum atomic E-state index is -0.550. The van der Waals surface area contributed by atoms with Gasteiger partial charge in [-0.15, -0.1) is 10.2 Å². The van der Waals surface area contributed by atoms with Crippen molar-refractivity contribution in [1.29, 1.82) is 0 Å². The molecule has 7 nitrogen and oxygen atoms in total. The summed E-state index contributed by atoms with van der Waals surface area (Å²) in [5.41, 5.74) is 1.68. The highest BCUT2D eigenvalue weighted by molar-refractivity contribution is 6.03. The van der Waals surface area contributed by atoms with Crippen molar-refractivity contribution in [2.75, 3.05) is 36.5 Å². The number of benzene rings is 2. The standard InChI is InChI=1S/C19H17FN4O3/c20-14-6-2-1-5-13(14)18-22-23-19(27-18)17(25)21-15-7-3-4-8-16(15)24-9-11-26-12-10-24/h1-8H,9-12H2,(H,21,25). The highest BCUT2D eigenvalue weighted by Gasteiger charge is 2.20. The van der Waals surface area contributed by atoms with Crippen molar-refractivity contribution >= 4 is 17.3 Å². The summed E-state index contributed by atoms with van der Waals surface area (Å²) in [6, 6.07) is 13.5. The Bertz CT molecular complexity index is 953. The van der Waals surface area contributed by atoms with Gasteiger partial charge in [0.2, 0.25) is 0 Å². The lowest BCUT2D eigenvalue weighted by Crippen LogP contribution is -2.36. The Morgan fingerprint density at radius 3 is 2.59 bits per heavy atom. The van der Waals surface area contributed by atoms with Crippen molar-refractivity contribution in [3.63, 3.8) is 0 Å². The molecule has 1 fully saturated rings. The molecule has 0 unspecified atom stereocenters. The van der Waals surface area contributed by atoms with Crippen LogP contribution in [0, 0.1) is 5.82 Å². The van der Waals surface area contributed by atoms with Crippen molar-refractivity contribution in [2.45, 2.75) is 0 Å². The molecule has 27 heavy (non-hydrogen) atoms. The summed E-state index contributed by atoms with van der Waals surface area (Å²) in [6.07, 6.45) is 0. The number of nitrogens with zero attached hydrogens (tertiary/aromatic N) is 3. The summed E-state index contributed by atoms with van der Waals surface area (Å²) < 4.78 is 24.6. The van der Waals surface area contributed by atoms with Crippen LogP contribution in [-0.2, 0) is 4.74 Å². The molecule has 1 aliphatic heterocycles. The normalized spacial score (nSPS) is 14.2. The molecule has 4 rings (SSSR count). The number of aromatic nitrogens is 2. The van der Waals surface area contributed by atoms with Gasteiger partial charge < -0.3 is 19.4 Å². The van der Waals surface area contributed by atoms with E-state index >= 15 is 0 Å². The second-order valence-corrected chi connectivity index (χ2v) is 5.96. The van der Waals surface area contributed by atoms with Gasteiger partial charge in [0.15, 0.2) is 0 Å². The molecule has 0 bridgehead atoms. The van der Waals surface area contributed by atoms with Crippen LogP contribution in [0.1, 0.15) is 10.7 Å². The molecule has 138 valence electrons. The Morgan fingerprint density at radius 2 is 1.78 bits per heavy atom. The predicted octanol–water partition coefficient (Wildman–Crippen LogP) is 2.96. The predicted molar refractivity (Wildman–Crippen MR) is 97.1 cm³/mol. The van der Waals surface area contributed by atoms with E-state index in [1.54, 1.807) is 18.2 Å². The van der Waals surface area contributed by atoms with Crippen molar-refractivity contribution < 1.29 is 18.3 Å². The Hall–Kier alpha value is -3.26. The minimum absolute atomic E-state index is 0.0419. The molecular weight excluding hydrogens is 351 g/mol. The second-order valence-electron chi connectivity index (χ2n) is 5.96. The average Bonchev–Trinajstić information content (AvgIpc) is 3.19. The number of para-hydroxylation sites is 2. The number of anilines is 2. The summed E-state index contributed by atoms with van der Waals surface area (Å²) in [5, 5.41) is 10.3. The first-order chi connectivity index (χ1) is 13.2. The fourth-order valence-electron chi connectivity index (χ4n) is 2.89. The third kappa shape index (κ3) is 3.65. The molecule has 2 heterocycles. The number of halogens is 1. The molecule has 0 radical (unpaired) electrons. The molecule has 0 aliphatic carbocycles. The second kappa shape index (κ2) is 7.55. The van der Waals surface area contributed by atoms with E-state index in [-0.39, 0.29) is 17.3 Å². The molecule has 0 atom stereocenters. The van der Waals surface area contributed by atoms with Crippen LogP contribution in [0.2, 0.25) is 0 Å². The first kappa shape index (κ1) is 17.2. The van der Waals surface area contributed by atoms with Gasteiger partial charge in [-0.25, -0.2) is 4.39 Å². The van der Waals surface area contributed by atoms with Crippen molar-refractivity contribution in [1.82, 2.24) is 10.2 Å². The molecule has 8 heteroatoms. The zero-order chi connectivity index (χ0) is 18.6. The quantitative estimate of drug-likeness (QED) is 0.763. The monoisotopic (exact) mass is 368 g/mol. The van der Waals surface area contributed by atoms with E-state index < -0.39 is 11.7 Å². The van der Waals surface area contributed by atoms with E-state index in [0.717, 1.165) is 18.8 Å². The zero-order valence-electron chi connectivity index (χ0n) is 14.4. The molecular formula is C19H17FN4O3. The number of carbonyl (C=O) groups is 1. The van der Waals surface area contributed by atoms with Crippen LogP contribution < -0.4 is 10.2 Å². The largest absolute Gasteiger partial charge is 0.412 e. The van der Waals surface area contributed by atoms with Gasteiger partial charge in [-0.05, 0) is 24.3 Å². The maximum absolute atomic E-state index is 13.8. The number of amides is 1. The lowest BCUT2D eigenvalue weighted by atomic mass is 10.2. The van der Waals surface area contributed by atoms with E-state index in [1.165, 1.54) is 12.1 Å². The molecule has 1 saturated heterocycles. The lowest BCUT2D eigenvalue weighted by molar-refractivity contribution is 0.0990. The fraction of sp³-hybridized carbons (Fsp3) is 0.211. The molecule has 3 aromatic rings. The molecule has 1 aliphatic rings. The van der Waals surface area contributed by atoms with Gasteiger partial charge in [-0.1, -0.05) is 24.3 Å². The number of rotatable bonds is 4. The van der Waals surface area contributed by atoms with E-state index in [9.17, 15) is 9.18 Å². The number of hydrogen-bond donors (Lipinski definition) is 1. The maximum atomic E-state index is 13.8. The smallest absolute Gasteiger partial charge is 0.313 e. The number of carbonyl (C=O) groups excluding carboxylic acids is 1. The molecule has 1 N–H and O–H groups in total. The van der Waals surface area contributed by atoms with E-state index in [1.807, 2.05) is 18.2 Å². The van der Waals surface area contributed by atoms with E-state index in [0.29, 0.717) is 18.9 Å². The number of ether oxygens (including phenoxy) is 1. The molecule has 1 aromatic heterocycles. The van der Waals surface area contributed by atoms with Crippen molar-refractivity contribution in [3.8, 4) is 11.5 Å². The Kier molecular flexibility index (Phi) is 4.80. The first-order valence-electron chi connectivity index (χ1n) is 8.54. The zero-order valence-corrected chi connectivity index (χ0v) is 14.4. The lowest BCUT2D eigenvalue weighted by Gasteiger charge is -2.30. The van der Waals surface area contributed by atoms with Crippen LogP contribution in [0.5, 0.6) is 0 Å². The first-order valence-corrected chi connectivity index (χ1v) is 8.54. The minimum Gasteiger partial charge on any atom is -0.412 e. The third-order valence-corrected chi connectivity index (χ3v) is 4.23. The van der Waals surface area contributed by atoms with Crippen LogP contribution in [0.25, 0.3) is 11.5 Å². The van der Waals surface area contributed by atoms with Crippen LogP contribution in [0.15, 0.2) is 52.9 Å². The summed E-state index contributed by atoms with van der Waals surface area (Å²) >= 11 is 0. The molecule has 0 saturated carbocycles. The van der Waals surface area contributed by atoms with Gasteiger partial charge in [0.05, 0.1) is 30.2 Å². The van der Waals surface area contributed by atoms with Gasteiger partial charge >= 0.3 is 11.8 Å². The number of morpholine rings is 1. The molecule has 0 spiro atoms. The Labute approximate surface area is 154 Å². The van der Waals surface area contributed by atoms with E-state index in [4.69, 9.17) is 9.15 Å². The van der Waals surface area contributed by atoms with Gasteiger partial charge in [0, 0.05) is 13.1 Å². The summed E-state index contributed by atoms with van der Waals surface area (Å²) in [4.78, 5) is 14.7. The summed E-state index contributed by atoms with van der Waals surface area (Å²) in [6.45, 7) is 2.76. The fourth-order valence-corrected chi connectivity index (χ4v) is 2.89. The van der Waals surface area contributed by atoms with Gasteiger partial charge in [-0.3, -0.25) is 4.79 Å². The van der Waals surface area contributed by atoms with E-state index in [2.05, 4.69) is 20.4 Å². The van der Waals surface area contributed by atoms with Crippen LogP contribution >= 0.6 is 0 Å². The van der Waals surface area contributed by atoms with Crippen molar-refractivity contribution in [3.05, 3.63) is 60.2 Å². The number of hydrogen-bond acceptors (Lipinski definition) is 6. The maximum Gasteiger partial charge on any atom is 0.313 e. The SMILES string of the molecule is O=C(Nc1ccccc1N1CCOCC1)c1nnc(-c2ccccc2F)o1. The Balaban J connectivity index is 1.54. The van der Waals surface area contributed by atoms with Crippen LogP contribution in [-0.4, -0.2) is 42.4 Å². The molecule has 1 amide bonds. The number of nitrogens with one attached hydrogen (secondary N) is 1. The topological polar surface area (TPSA) is 80.5 Å². The van der Waals surface area contributed by atoms with Crippen LogP contribution in [0.4, 0.5) is 15.8 Å². The average molecular weight is 368 g/mol. The van der Waals surface area contributed by atoms with Gasteiger partial charge in [-0.2, -0.15) is 0 Å². The van der Waals surface area contributed by atoms with Gasteiger partial charge in [0.25, 0.3) is 5.89 Å². The highest BCUT2D eigenvalue weighted by atomic mass is 19.1. The summed E-state index contributed by atoms with van der Waals surface area (Å²) in [5.74, 6) is -1.32. The van der Waals surface area contributed by atoms with Crippen molar-refractivity contribution in [2.24, 2.45) is 0 Å². The molecule has 2 aromatic carbocycles. The summed E-state index contributed by atoms with van der Waals surface area (Å²) in [7, 11) is 0. The van der Waals surface area contributed by atoms with Gasteiger partial charge in [0.1, 0.15) is 5.82 Å².